The van der Waals surface area contributed by atoms with Crippen molar-refractivity contribution >= 4 is 58.1 Å². The summed E-state index contributed by atoms with van der Waals surface area (Å²) in [4.78, 5) is 23.5. The van der Waals surface area contributed by atoms with E-state index >= 15 is 0 Å². The molecule has 0 atom stereocenters. The van der Waals surface area contributed by atoms with Crippen molar-refractivity contribution in [1.82, 2.24) is 32.3 Å². The Morgan fingerprint density at radius 1 is 0.750 bits per heavy atom. The Kier molecular flexibility index (Phi) is 10.4. The monoisotopic (exact) mass is 422 g/mol. The SMILES string of the molecule is C=CCNC(=S)NNC(=O)Nc1ccc(NC(=O)NNC(=S)NCC=C)cc1. The van der Waals surface area contributed by atoms with Crippen LogP contribution in [0, 0.1) is 0 Å². The lowest BCUT2D eigenvalue weighted by Gasteiger charge is -2.12. The van der Waals surface area contributed by atoms with Crippen LogP contribution in [0.15, 0.2) is 49.6 Å². The predicted molar refractivity (Wildman–Crippen MR) is 119 cm³/mol. The van der Waals surface area contributed by atoms with Crippen LogP contribution in [0.5, 0.6) is 0 Å². The maximum atomic E-state index is 11.8. The lowest BCUT2D eigenvalue weighted by Crippen LogP contribution is -2.48. The van der Waals surface area contributed by atoms with Crippen LogP contribution < -0.4 is 43.0 Å². The lowest BCUT2D eigenvalue weighted by atomic mass is 10.3. The Morgan fingerprint density at radius 3 is 1.43 bits per heavy atom. The summed E-state index contributed by atoms with van der Waals surface area (Å²) in [7, 11) is 0. The standard InChI is InChI=1S/C16H22N8O2S2/c1-3-9-17-15(27)23-21-13(25)19-11-5-7-12(8-6-11)20-14(26)22-24-16(28)18-10-4-2/h3-8H,1-2,9-10H2,(H2,17,23,27)(H2,18,24,28)(H2,19,21,25)(H2,20,22,26). The van der Waals surface area contributed by atoms with Gasteiger partial charge in [-0.25, -0.2) is 20.4 Å². The quantitative estimate of drug-likeness (QED) is 0.194. The highest BCUT2D eigenvalue weighted by Gasteiger charge is 2.04. The minimum Gasteiger partial charge on any atom is -0.358 e. The summed E-state index contributed by atoms with van der Waals surface area (Å²) in [6.07, 6.45) is 3.27. The molecule has 0 aliphatic heterocycles. The fraction of sp³-hybridized carbons (Fsp3) is 0.125. The Labute approximate surface area is 173 Å². The number of rotatable bonds is 6. The van der Waals surface area contributed by atoms with Crippen LogP contribution in [0.25, 0.3) is 0 Å². The molecule has 12 heteroatoms. The predicted octanol–water partition coefficient (Wildman–Crippen LogP) is 1.06. The molecule has 4 amide bonds. The van der Waals surface area contributed by atoms with Crippen LogP contribution in [0.1, 0.15) is 0 Å². The molecule has 0 bridgehead atoms. The molecule has 0 radical (unpaired) electrons. The van der Waals surface area contributed by atoms with E-state index in [0.29, 0.717) is 24.5 Å². The van der Waals surface area contributed by atoms with Gasteiger partial charge in [0, 0.05) is 24.5 Å². The molecule has 0 aliphatic carbocycles. The van der Waals surface area contributed by atoms with Gasteiger partial charge in [0.05, 0.1) is 0 Å². The van der Waals surface area contributed by atoms with Gasteiger partial charge in [-0.1, -0.05) is 12.2 Å². The number of thiocarbonyl (C=S) groups is 2. The van der Waals surface area contributed by atoms with Crippen molar-refractivity contribution in [2.75, 3.05) is 23.7 Å². The van der Waals surface area contributed by atoms with Gasteiger partial charge in [0.1, 0.15) is 0 Å². The summed E-state index contributed by atoms with van der Waals surface area (Å²) < 4.78 is 0. The van der Waals surface area contributed by atoms with Gasteiger partial charge in [-0.05, 0) is 48.7 Å². The zero-order valence-electron chi connectivity index (χ0n) is 14.9. The number of benzene rings is 1. The highest BCUT2D eigenvalue weighted by molar-refractivity contribution is 7.80. The van der Waals surface area contributed by atoms with E-state index in [0.717, 1.165) is 0 Å². The second kappa shape index (κ2) is 12.9. The topological polar surface area (TPSA) is 130 Å². The van der Waals surface area contributed by atoms with Crippen LogP contribution in [-0.4, -0.2) is 35.4 Å². The molecule has 0 heterocycles. The van der Waals surface area contributed by atoms with Crippen LogP contribution >= 0.6 is 24.4 Å². The van der Waals surface area contributed by atoms with E-state index in [1.54, 1.807) is 36.4 Å². The van der Waals surface area contributed by atoms with Crippen molar-refractivity contribution in [3.05, 3.63) is 49.6 Å². The molecule has 0 fully saturated rings. The number of hydrazine groups is 2. The van der Waals surface area contributed by atoms with Gasteiger partial charge in [0.25, 0.3) is 0 Å². The molecule has 0 aromatic heterocycles. The van der Waals surface area contributed by atoms with Crippen LogP contribution in [0.2, 0.25) is 0 Å². The maximum Gasteiger partial charge on any atom is 0.337 e. The maximum absolute atomic E-state index is 11.8. The summed E-state index contributed by atoms with van der Waals surface area (Å²) in [5.74, 6) is 0. The third-order valence-electron chi connectivity index (χ3n) is 2.79. The van der Waals surface area contributed by atoms with Crippen molar-refractivity contribution in [3.63, 3.8) is 0 Å². The van der Waals surface area contributed by atoms with E-state index in [1.165, 1.54) is 0 Å². The van der Waals surface area contributed by atoms with E-state index < -0.39 is 12.1 Å². The van der Waals surface area contributed by atoms with E-state index in [9.17, 15) is 9.59 Å². The number of hydrogen-bond acceptors (Lipinski definition) is 4. The van der Waals surface area contributed by atoms with Gasteiger partial charge in [-0.3, -0.25) is 10.9 Å². The molecule has 0 spiro atoms. The van der Waals surface area contributed by atoms with Crippen molar-refractivity contribution in [1.29, 1.82) is 0 Å². The Bertz CT molecular complexity index is 663. The molecule has 10 nitrogen and oxygen atoms in total. The van der Waals surface area contributed by atoms with Crippen molar-refractivity contribution in [2.45, 2.75) is 0 Å². The number of urea groups is 2. The summed E-state index contributed by atoms with van der Waals surface area (Å²) in [6, 6.07) is 5.46. The second-order valence-corrected chi connectivity index (χ2v) is 5.80. The third-order valence-corrected chi connectivity index (χ3v) is 3.29. The molecule has 1 rings (SSSR count). The summed E-state index contributed by atoms with van der Waals surface area (Å²) >= 11 is 9.88. The minimum absolute atomic E-state index is 0.258. The van der Waals surface area contributed by atoms with Gasteiger partial charge in [0.2, 0.25) is 0 Å². The van der Waals surface area contributed by atoms with Gasteiger partial charge >= 0.3 is 12.1 Å². The first-order valence-electron chi connectivity index (χ1n) is 7.98. The molecule has 28 heavy (non-hydrogen) atoms. The largest absolute Gasteiger partial charge is 0.358 e. The molecular weight excluding hydrogens is 400 g/mol. The molecule has 0 unspecified atom stereocenters. The Hall–Kier alpha value is -3.38. The Morgan fingerprint density at radius 2 is 1.11 bits per heavy atom. The smallest absolute Gasteiger partial charge is 0.337 e. The zero-order valence-corrected chi connectivity index (χ0v) is 16.6. The summed E-state index contributed by atoms with van der Waals surface area (Å²) in [5.41, 5.74) is 10.8. The number of hydrogen-bond donors (Lipinski definition) is 8. The first kappa shape index (κ1) is 22.7. The fourth-order valence-corrected chi connectivity index (χ4v) is 1.88. The average Bonchev–Trinajstić information content (AvgIpc) is 2.69. The summed E-state index contributed by atoms with van der Waals surface area (Å²) in [6.45, 7) is 8.04. The van der Waals surface area contributed by atoms with Gasteiger partial charge in [-0.2, -0.15) is 0 Å². The van der Waals surface area contributed by atoms with E-state index in [-0.39, 0.29) is 10.2 Å². The number of carbonyl (C=O) groups is 2. The molecule has 150 valence electrons. The number of amides is 4. The molecule has 1 aromatic carbocycles. The van der Waals surface area contributed by atoms with Crippen LogP contribution in [-0.2, 0) is 0 Å². The average molecular weight is 423 g/mol. The van der Waals surface area contributed by atoms with E-state index in [1.807, 2.05) is 0 Å². The molecule has 0 saturated carbocycles. The van der Waals surface area contributed by atoms with Gasteiger partial charge < -0.3 is 21.3 Å². The van der Waals surface area contributed by atoms with Gasteiger partial charge in [-0.15, -0.1) is 13.2 Å². The zero-order chi connectivity index (χ0) is 20.8. The number of carbonyl (C=O) groups excluding carboxylic acids is 2. The molecule has 1 aromatic rings. The minimum atomic E-state index is -0.508. The van der Waals surface area contributed by atoms with Crippen LogP contribution in [0.4, 0.5) is 21.0 Å². The first-order chi connectivity index (χ1) is 13.4. The molecule has 0 aliphatic rings. The van der Waals surface area contributed by atoms with Crippen molar-refractivity contribution in [3.8, 4) is 0 Å². The highest BCUT2D eigenvalue weighted by Crippen LogP contribution is 2.13. The van der Waals surface area contributed by atoms with Crippen LogP contribution in [0.3, 0.4) is 0 Å². The summed E-state index contributed by atoms with van der Waals surface area (Å²) in [5, 5.41) is 11.3. The van der Waals surface area contributed by atoms with E-state index in [4.69, 9.17) is 24.4 Å². The number of nitrogens with one attached hydrogen (secondary N) is 8. The van der Waals surface area contributed by atoms with Gasteiger partial charge in [0.15, 0.2) is 10.2 Å². The number of anilines is 2. The fourth-order valence-electron chi connectivity index (χ4n) is 1.61. The second-order valence-electron chi connectivity index (χ2n) is 4.98. The van der Waals surface area contributed by atoms with Crippen molar-refractivity contribution in [2.24, 2.45) is 0 Å². The van der Waals surface area contributed by atoms with E-state index in [2.05, 4.69) is 56.1 Å². The first-order valence-corrected chi connectivity index (χ1v) is 8.79. The molecular formula is C16H22N8O2S2. The highest BCUT2D eigenvalue weighted by atomic mass is 32.1. The normalized spacial score (nSPS) is 9.14. The third kappa shape index (κ3) is 9.94. The van der Waals surface area contributed by atoms with Crippen molar-refractivity contribution < 1.29 is 9.59 Å². The molecule has 8 N–H and O–H groups in total. The lowest BCUT2D eigenvalue weighted by molar-refractivity contribution is 0.249. The molecule has 0 saturated heterocycles. The Balaban J connectivity index is 2.36.